The Morgan fingerprint density at radius 2 is 1.89 bits per heavy atom. The highest BCUT2D eigenvalue weighted by atomic mass is 16.2. The van der Waals surface area contributed by atoms with E-state index in [0.29, 0.717) is 11.3 Å². The van der Waals surface area contributed by atoms with Gasteiger partial charge in [-0.15, -0.1) is 5.10 Å². The number of fused-ring (bicyclic) bond motifs is 3. The molecule has 27 heavy (non-hydrogen) atoms. The fourth-order valence-electron chi connectivity index (χ4n) is 3.36. The molecule has 3 heterocycles. The van der Waals surface area contributed by atoms with E-state index in [2.05, 4.69) is 15.5 Å². The molecule has 0 spiro atoms. The molecule has 0 aliphatic heterocycles. The molecule has 0 atom stereocenters. The van der Waals surface area contributed by atoms with Crippen LogP contribution in [0.4, 0.5) is 5.69 Å². The van der Waals surface area contributed by atoms with Crippen molar-refractivity contribution in [3.8, 4) is 0 Å². The topological polar surface area (TPSA) is 86.2 Å². The number of benzene rings is 1. The van der Waals surface area contributed by atoms with Crippen LogP contribution in [0.1, 0.15) is 17.0 Å². The molecular weight excluding hydrogens is 344 g/mol. The molecule has 3 aromatic heterocycles. The Kier molecular flexibility index (Phi) is 3.83. The van der Waals surface area contributed by atoms with Crippen LogP contribution in [0, 0.1) is 20.8 Å². The summed E-state index contributed by atoms with van der Waals surface area (Å²) in [4.78, 5) is 25.4. The maximum absolute atomic E-state index is 12.9. The molecule has 0 aliphatic rings. The van der Waals surface area contributed by atoms with Crippen molar-refractivity contribution in [2.75, 3.05) is 5.32 Å². The van der Waals surface area contributed by atoms with Crippen molar-refractivity contribution in [3.05, 3.63) is 57.8 Å². The van der Waals surface area contributed by atoms with Crippen LogP contribution < -0.4 is 11.0 Å². The number of hydrogen-bond acceptors (Lipinski definition) is 4. The number of hydrogen-bond donors (Lipinski definition) is 1. The molecule has 0 unspecified atom stereocenters. The number of para-hydroxylation sites is 1. The average molecular weight is 364 g/mol. The number of amides is 1. The number of nitrogens with one attached hydrogen (secondary N) is 1. The van der Waals surface area contributed by atoms with Gasteiger partial charge < -0.3 is 5.32 Å². The van der Waals surface area contributed by atoms with Gasteiger partial charge >= 0.3 is 5.69 Å². The number of aromatic nitrogens is 5. The molecule has 0 saturated heterocycles. The Hall–Kier alpha value is -3.42. The number of nitrogens with zero attached hydrogens (tertiary/aromatic N) is 5. The third-order valence-corrected chi connectivity index (χ3v) is 4.81. The van der Waals surface area contributed by atoms with Gasteiger partial charge in [0.2, 0.25) is 5.91 Å². The molecule has 0 aliphatic carbocycles. The predicted molar refractivity (Wildman–Crippen MR) is 103 cm³/mol. The van der Waals surface area contributed by atoms with Crippen LogP contribution in [-0.2, 0) is 18.4 Å². The quantitative estimate of drug-likeness (QED) is 0.602. The summed E-state index contributed by atoms with van der Waals surface area (Å²) in [5.74, 6) is -0.318. The van der Waals surface area contributed by atoms with Crippen LogP contribution in [0.25, 0.3) is 16.6 Å². The summed E-state index contributed by atoms with van der Waals surface area (Å²) in [6, 6.07) is 9.62. The van der Waals surface area contributed by atoms with E-state index in [4.69, 9.17) is 0 Å². The Labute approximate surface area is 155 Å². The minimum Gasteiger partial charge on any atom is -0.321 e. The second-order valence-corrected chi connectivity index (χ2v) is 6.70. The third kappa shape index (κ3) is 2.69. The maximum atomic E-state index is 12.9. The summed E-state index contributed by atoms with van der Waals surface area (Å²) in [6.45, 7) is 5.44. The molecule has 4 rings (SSSR count). The van der Waals surface area contributed by atoms with Crippen LogP contribution in [0.3, 0.4) is 0 Å². The number of rotatable bonds is 3. The van der Waals surface area contributed by atoms with Crippen molar-refractivity contribution in [1.82, 2.24) is 24.0 Å². The van der Waals surface area contributed by atoms with Crippen LogP contribution in [0.2, 0.25) is 0 Å². The van der Waals surface area contributed by atoms with E-state index in [0.717, 1.165) is 27.9 Å². The highest BCUT2D eigenvalue weighted by Gasteiger charge is 2.17. The first-order valence-electron chi connectivity index (χ1n) is 8.65. The highest BCUT2D eigenvalue weighted by molar-refractivity contribution is 5.91. The Bertz CT molecular complexity index is 1260. The maximum Gasteiger partial charge on any atom is 0.351 e. The van der Waals surface area contributed by atoms with Gasteiger partial charge in [0.05, 0.1) is 22.6 Å². The molecule has 0 radical (unpaired) electrons. The van der Waals surface area contributed by atoms with Crippen LogP contribution in [0.5, 0.6) is 0 Å². The molecule has 8 heteroatoms. The van der Waals surface area contributed by atoms with E-state index in [-0.39, 0.29) is 18.1 Å². The van der Waals surface area contributed by atoms with E-state index < -0.39 is 0 Å². The zero-order chi connectivity index (χ0) is 19.3. The van der Waals surface area contributed by atoms with E-state index in [1.165, 1.54) is 4.68 Å². The lowest BCUT2D eigenvalue weighted by Gasteiger charge is -2.05. The van der Waals surface area contributed by atoms with Gasteiger partial charge in [-0.3, -0.25) is 9.48 Å². The fraction of sp³-hybridized carbons (Fsp3) is 0.263. The number of pyridine rings is 1. The normalized spacial score (nSPS) is 11.4. The lowest BCUT2D eigenvalue weighted by atomic mass is 10.1. The smallest absolute Gasteiger partial charge is 0.321 e. The second kappa shape index (κ2) is 6.08. The van der Waals surface area contributed by atoms with Crippen molar-refractivity contribution in [2.45, 2.75) is 27.3 Å². The average Bonchev–Trinajstić information content (AvgIpc) is 3.07. The Morgan fingerprint density at radius 1 is 1.15 bits per heavy atom. The largest absolute Gasteiger partial charge is 0.351 e. The van der Waals surface area contributed by atoms with Gasteiger partial charge in [-0.1, -0.05) is 18.2 Å². The number of aryl methyl sites for hydroxylation is 3. The number of anilines is 1. The molecule has 1 amide bonds. The van der Waals surface area contributed by atoms with Crippen molar-refractivity contribution in [2.24, 2.45) is 7.05 Å². The summed E-state index contributed by atoms with van der Waals surface area (Å²) in [7, 11) is 1.82. The summed E-state index contributed by atoms with van der Waals surface area (Å²) < 4.78 is 4.46. The second-order valence-electron chi connectivity index (χ2n) is 6.70. The minimum absolute atomic E-state index is 0.165. The molecule has 1 N–H and O–H groups in total. The number of carbonyl (C=O) groups excluding carboxylic acids is 1. The molecule has 4 aromatic rings. The fourth-order valence-corrected chi connectivity index (χ4v) is 3.36. The lowest BCUT2D eigenvalue weighted by molar-refractivity contribution is -0.117. The van der Waals surface area contributed by atoms with E-state index >= 15 is 0 Å². The first-order valence-corrected chi connectivity index (χ1v) is 8.65. The first-order chi connectivity index (χ1) is 12.9. The molecule has 0 bridgehead atoms. The van der Waals surface area contributed by atoms with Gasteiger partial charge in [-0.25, -0.2) is 13.9 Å². The van der Waals surface area contributed by atoms with Crippen LogP contribution in [0.15, 0.2) is 35.1 Å². The van der Waals surface area contributed by atoms with Crippen molar-refractivity contribution < 1.29 is 4.79 Å². The molecule has 8 nitrogen and oxygen atoms in total. The summed E-state index contributed by atoms with van der Waals surface area (Å²) in [5.41, 5.74) is 4.12. The zero-order valence-corrected chi connectivity index (χ0v) is 15.6. The zero-order valence-electron chi connectivity index (χ0n) is 15.6. The van der Waals surface area contributed by atoms with Crippen molar-refractivity contribution in [3.63, 3.8) is 0 Å². The molecule has 1 aromatic carbocycles. The molecule has 0 saturated carbocycles. The predicted octanol–water partition coefficient (Wildman–Crippen LogP) is 1.95. The van der Waals surface area contributed by atoms with Crippen LogP contribution in [-0.4, -0.2) is 29.9 Å². The van der Waals surface area contributed by atoms with E-state index in [9.17, 15) is 9.59 Å². The summed E-state index contributed by atoms with van der Waals surface area (Å²) in [6.07, 6.45) is 0. The lowest BCUT2D eigenvalue weighted by Crippen LogP contribution is -2.28. The SMILES string of the molecule is Cc1nn(C)c(C)c1NC(=O)Cn1nc2c(C)cc3ccccc3n2c1=O. The Morgan fingerprint density at radius 3 is 2.59 bits per heavy atom. The molecular formula is C19H20N6O2. The van der Waals surface area contributed by atoms with Crippen molar-refractivity contribution >= 4 is 28.1 Å². The van der Waals surface area contributed by atoms with Crippen molar-refractivity contribution in [1.29, 1.82) is 0 Å². The molecule has 138 valence electrons. The first kappa shape index (κ1) is 17.0. The van der Waals surface area contributed by atoms with Gasteiger partial charge in [-0.05, 0) is 43.9 Å². The van der Waals surface area contributed by atoms with Crippen LogP contribution >= 0.6 is 0 Å². The highest BCUT2D eigenvalue weighted by Crippen LogP contribution is 2.19. The third-order valence-electron chi connectivity index (χ3n) is 4.81. The van der Waals surface area contributed by atoms with Gasteiger partial charge in [-0.2, -0.15) is 5.10 Å². The Balaban J connectivity index is 1.73. The molecule has 0 fully saturated rings. The van der Waals surface area contributed by atoms with E-state index in [1.807, 2.05) is 58.2 Å². The minimum atomic E-state index is -0.334. The summed E-state index contributed by atoms with van der Waals surface area (Å²) >= 11 is 0. The summed E-state index contributed by atoms with van der Waals surface area (Å²) in [5, 5.41) is 12.5. The number of carbonyl (C=O) groups is 1. The van der Waals surface area contributed by atoms with Gasteiger partial charge in [0.15, 0.2) is 5.65 Å². The van der Waals surface area contributed by atoms with E-state index in [1.54, 1.807) is 9.08 Å². The monoisotopic (exact) mass is 364 g/mol. The van der Waals surface area contributed by atoms with Gasteiger partial charge in [0, 0.05) is 7.05 Å². The van der Waals surface area contributed by atoms with Gasteiger partial charge in [0.1, 0.15) is 6.54 Å². The van der Waals surface area contributed by atoms with Gasteiger partial charge in [0.25, 0.3) is 0 Å². The standard InChI is InChI=1S/C19H20N6O2/c1-11-9-14-7-5-6-8-15(14)25-18(11)22-24(19(25)27)10-16(26)20-17-12(2)21-23(4)13(17)3/h5-9H,10H2,1-4H3,(H,20,26).